The van der Waals surface area contributed by atoms with Crippen LogP contribution >= 0.6 is 23.2 Å². The number of carboxylic acid groups (broad SMARTS) is 1. The van der Waals surface area contributed by atoms with Crippen molar-refractivity contribution in [3.05, 3.63) is 46.5 Å². The molecule has 35 heavy (non-hydrogen) atoms. The Morgan fingerprint density at radius 3 is 2.51 bits per heavy atom. The first-order chi connectivity index (χ1) is 16.4. The predicted molar refractivity (Wildman–Crippen MR) is 141 cm³/mol. The Hall–Kier alpha value is -1.89. The van der Waals surface area contributed by atoms with E-state index in [1.807, 2.05) is 32.9 Å². The third-order valence-electron chi connectivity index (χ3n) is 7.03. The van der Waals surface area contributed by atoms with Crippen LogP contribution in [0.4, 0.5) is 0 Å². The minimum Gasteiger partial charge on any atom is -0.479 e. The van der Waals surface area contributed by atoms with Crippen LogP contribution in [0.2, 0.25) is 10.0 Å². The fraction of sp³-hybridized carbons (Fsp3) is 0.593. The average Bonchev–Trinajstić information content (AvgIpc) is 3.27. The molecule has 6 nitrogen and oxygen atoms in total. The maximum atomic E-state index is 12.8. The number of ether oxygens (including phenoxy) is 1. The van der Waals surface area contributed by atoms with Gasteiger partial charge < -0.3 is 9.84 Å². The van der Waals surface area contributed by atoms with Gasteiger partial charge in [0.25, 0.3) is 0 Å². The summed E-state index contributed by atoms with van der Waals surface area (Å²) >= 11 is 12.6. The molecule has 1 fully saturated rings. The normalized spacial score (nSPS) is 23.3. The van der Waals surface area contributed by atoms with Crippen LogP contribution in [0, 0.1) is 29.1 Å². The molecule has 3 rings (SSSR count). The summed E-state index contributed by atoms with van der Waals surface area (Å²) in [6, 6.07) is 5.24. The SMILES string of the molecule is CC1CCC(C(C)C)C(OC(C(=O)O)C(/C(=C\c2ccc(Cl)cc2Cl)n2cncn2)C(C)(C)C)C1. The van der Waals surface area contributed by atoms with Crippen LogP contribution in [0.15, 0.2) is 30.9 Å². The van der Waals surface area contributed by atoms with E-state index in [0.717, 1.165) is 19.3 Å². The number of nitrogens with zero attached hydrogens (tertiary/aromatic N) is 3. The fourth-order valence-corrected chi connectivity index (χ4v) is 5.67. The van der Waals surface area contributed by atoms with Gasteiger partial charge in [0.2, 0.25) is 0 Å². The number of carboxylic acids is 1. The first-order valence-electron chi connectivity index (χ1n) is 12.3. The van der Waals surface area contributed by atoms with Crippen LogP contribution in [-0.2, 0) is 9.53 Å². The largest absolute Gasteiger partial charge is 0.479 e. The van der Waals surface area contributed by atoms with Gasteiger partial charge in [0.05, 0.1) is 11.8 Å². The molecule has 0 radical (unpaired) electrons. The van der Waals surface area contributed by atoms with E-state index in [9.17, 15) is 9.90 Å². The molecule has 0 spiro atoms. The monoisotopic (exact) mass is 521 g/mol. The van der Waals surface area contributed by atoms with Gasteiger partial charge in [-0.1, -0.05) is 77.2 Å². The van der Waals surface area contributed by atoms with E-state index < -0.39 is 23.4 Å². The van der Waals surface area contributed by atoms with E-state index >= 15 is 0 Å². The van der Waals surface area contributed by atoms with Crippen LogP contribution in [0.5, 0.6) is 0 Å². The minimum absolute atomic E-state index is 0.124. The highest BCUT2D eigenvalue weighted by atomic mass is 35.5. The smallest absolute Gasteiger partial charge is 0.333 e. The molecule has 1 saturated carbocycles. The average molecular weight is 523 g/mol. The lowest BCUT2D eigenvalue weighted by Crippen LogP contribution is -2.46. The summed E-state index contributed by atoms with van der Waals surface area (Å²) in [4.78, 5) is 16.9. The number of aliphatic carboxylic acids is 1. The van der Waals surface area contributed by atoms with Crippen LogP contribution in [0.1, 0.15) is 66.4 Å². The van der Waals surface area contributed by atoms with E-state index in [1.54, 1.807) is 23.1 Å². The maximum absolute atomic E-state index is 12.8. The van der Waals surface area contributed by atoms with Gasteiger partial charge in [-0.25, -0.2) is 14.5 Å². The van der Waals surface area contributed by atoms with Gasteiger partial charge in [-0.15, -0.1) is 0 Å². The van der Waals surface area contributed by atoms with Crippen LogP contribution in [0.25, 0.3) is 11.8 Å². The molecule has 1 N–H and O–H groups in total. The Morgan fingerprint density at radius 1 is 1.26 bits per heavy atom. The molecule has 1 heterocycles. The van der Waals surface area contributed by atoms with Gasteiger partial charge >= 0.3 is 5.97 Å². The zero-order valence-electron chi connectivity index (χ0n) is 21.4. The standard InChI is InChI=1S/C27H37Cl2N3O3/c1-16(2)20-10-7-17(3)11-23(20)35-25(26(33)34)24(27(4,5)6)22(32-15-30-14-31-32)12-18-8-9-19(28)13-21(18)29/h8-9,12-17,20,23-25H,7,10-11H2,1-6H3,(H,33,34)/b22-12+. The van der Waals surface area contributed by atoms with E-state index in [4.69, 9.17) is 27.9 Å². The van der Waals surface area contributed by atoms with Gasteiger partial charge in [-0.3, -0.25) is 0 Å². The second-order valence-electron chi connectivity index (χ2n) is 11.2. The molecule has 2 aromatic rings. The number of halogens is 2. The summed E-state index contributed by atoms with van der Waals surface area (Å²) in [5, 5.41) is 15.8. The Morgan fingerprint density at radius 2 is 1.97 bits per heavy atom. The van der Waals surface area contributed by atoms with E-state index in [-0.39, 0.29) is 6.10 Å². The van der Waals surface area contributed by atoms with Crippen molar-refractivity contribution < 1.29 is 14.6 Å². The number of rotatable bonds is 8. The Labute approximate surface area is 218 Å². The highest BCUT2D eigenvalue weighted by Gasteiger charge is 2.44. The molecule has 0 aliphatic heterocycles. The number of hydrogen-bond acceptors (Lipinski definition) is 4. The molecular formula is C27H37Cl2N3O3. The van der Waals surface area contributed by atoms with E-state index in [2.05, 4.69) is 30.9 Å². The zero-order chi connectivity index (χ0) is 25.9. The van der Waals surface area contributed by atoms with Crippen molar-refractivity contribution >= 4 is 40.9 Å². The van der Waals surface area contributed by atoms with Gasteiger partial charge in [0.15, 0.2) is 6.10 Å². The molecule has 192 valence electrons. The number of hydrogen-bond donors (Lipinski definition) is 1. The summed E-state index contributed by atoms with van der Waals surface area (Å²) in [5.74, 6) is -0.306. The lowest BCUT2D eigenvalue weighted by molar-refractivity contribution is -0.168. The summed E-state index contributed by atoms with van der Waals surface area (Å²) in [6.07, 6.45) is 6.72. The second-order valence-corrected chi connectivity index (χ2v) is 12.0. The fourth-order valence-electron chi connectivity index (χ4n) is 5.21. The van der Waals surface area contributed by atoms with Crippen LogP contribution in [0.3, 0.4) is 0 Å². The Balaban J connectivity index is 2.12. The van der Waals surface area contributed by atoms with Gasteiger partial charge in [-0.2, -0.15) is 5.10 Å². The Kier molecular flexibility index (Phi) is 9.06. The molecule has 1 aliphatic carbocycles. The molecule has 0 amide bonds. The van der Waals surface area contributed by atoms with Crippen LogP contribution in [-0.4, -0.2) is 38.0 Å². The number of benzene rings is 1. The predicted octanol–water partition coefficient (Wildman–Crippen LogP) is 7.18. The summed E-state index contributed by atoms with van der Waals surface area (Å²) in [6.45, 7) is 12.7. The molecule has 1 aliphatic rings. The lowest BCUT2D eigenvalue weighted by atomic mass is 9.73. The second kappa shape index (κ2) is 11.4. The lowest BCUT2D eigenvalue weighted by Gasteiger charge is -2.42. The molecule has 0 bridgehead atoms. The van der Waals surface area contributed by atoms with Crippen molar-refractivity contribution in [2.24, 2.45) is 29.1 Å². The van der Waals surface area contributed by atoms with Crippen molar-refractivity contribution in [1.29, 1.82) is 0 Å². The molecule has 1 aromatic heterocycles. The van der Waals surface area contributed by atoms with Crippen molar-refractivity contribution in [1.82, 2.24) is 14.8 Å². The molecule has 0 saturated heterocycles. The summed E-state index contributed by atoms with van der Waals surface area (Å²) < 4.78 is 8.21. The maximum Gasteiger partial charge on any atom is 0.333 e. The topological polar surface area (TPSA) is 77.2 Å². The van der Waals surface area contributed by atoms with Crippen molar-refractivity contribution in [3.63, 3.8) is 0 Å². The first kappa shape index (κ1) is 27.7. The van der Waals surface area contributed by atoms with Crippen LogP contribution < -0.4 is 0 Å². The third kappa shape index (κ3) is 6.87. The van der Waals surface area contributed by atoms with Gasteiger partial charge in [0, 0.05) is 16.0 Å². The van der Waals surface area contributed by atoms with Gasteiger partial charge in [0.1, 0.15) is 12.7 Å². The highest BCUT2D eigenvalue weighted by molar-refractivity contribution is 6.35. The molecule has 5 atom stereocenters. The first-order valence-corrected chi connectivity index (χ1v) is 13.0. The number of aromatic nitrogens is 3. The zero-order valence-corrected chi connectivity index (χ0v) is 22.9. The summed E-state index contributed by atoms with van der Waals surface area (Å²) in [7, 11) is 0. The quantitative estimate of drug-likeness (QED) is 0.398. The van der Waals surface area contributed by atoms with E-state index in [0.29, 0.717) is 39.1 Å². The molecular weight excluding hydrogens is 485 g/mol. The summed E-state index contributed by atoms with van der Waals surface area (Å²) in [5.41, 5.74) is 0.885. The molecule has 5 unspecified atom stereocenters. The molecule has 8 heteroatoms. The van der Waals surface area contributed by atoms with Crippen molar-refractivity contribution in [3.8, 4) is 0 Å². The van der Waals surface area contributed by atoms with Crippen molar-refractivity contribution in [2.75, 3.05) is 0 Å². The highest BCUT2D eigenvalue weighted by Crippen LogP contribution is 2.43. The van der Waals surface area contributed by atoms with E-state index in [1.165, 1.54) is 6.33 Å². The van der Waals surface area contributed by atoms with Crippen molar-refractivity contribution in [2.45, 2.75) is 73.0 Å². The minimum atomic E-state index is -1.08. The third-order valence-corrected chi connectivity index (χ3v) is 7.59. The Bertz CT molecular complexity index is 1030. The van der Waals surface area contributed by atoms with Gasteiger partial charge in [-0.05, 0) is 59.8 Å². The molecule has 1 aromatic carbocycles. The number of carbonyl (C=O) groups is 1.